The zero-order valence-electron chi connectivity index (χ0n) is 21.6. The number of allylic oxidation sites excluding steroid dienone is 4. The van der Waals surface area contributed by atoms with Crippen LogP contribution >= 0.6 is 0 Å². The lowest BCUT2D eigenvalue weighted by atomic mass is 9.50. The Bertz CT molecular complexity index is 1140. The summed E-state index contributed by atoms with van der Waals surface area (Å²) in [5.74, 6) is 0.584. The molecule has 0 spiro atoms. The highest BCUT2D eigenvalue weighted by atomic mass is 16.6. The molecule has 4 aliphatic rings. The van der Waals surface area contributed by atoms with Crippen molar-refractivity contribution < 1.29 is 19.1 Å². The van der Waals surface area contributed by atoms with Crippen molar-refractivity contribution in [2.45, 2.75) is 77.2 Å². The molecule has 0 amide bonds. The summed E-state index contributed by atoms with van der Waals surface area (Å²) >= 11 is 0. The minimum Gasteiger partial charge on any atom is -0.451 e. The molecule has 5 nitrogen and oxygen atoms in total. The minimum absolute atomic E-state index is 0.0323. The third kappa shape index (κ3) is 3.61. The standard InChI is InChI=1S/C30H37NO4/c1-18(32)30(35-19(2)33)15-14-27-25-12-8-21-16-23(34)11-13-24(21)28(25)26(17-29(27,30)3)20-6-9-22(10-7-20)31(4)5/h6-7,9-10,16,25-27H,8,11-15,17H2,1-5H3/t25-,26+,27-,29-,30-/m1/s1. The van der Waals surface area contributed by atoms with Crippen molar-refractivity contribution in [3.8, 4) is 0 Å². The summed E-state index contributed by atoms with van der Waals surface area (Å²) in [7, 11) is 4.08. The maximum Gasteiger partial charge on any atom is 0.303 e. The molecule has 35 heavy (non-hydrogen) atoms. The molecule has 0 radical (unpaired) electrons. The van der Waals surface area contributed by atoms with Crippen molar-refractivity contribution in [3.63, 3.8) is 0 Å². The number of anilines is 1. The molecule has 5 rings (SSSR count). The highest BCUT2D eigenvalue weighted by Gasteiger charge is 2.67. The minimum atomic E-state index is -1.07. The Balaban J connectivity index is 1.68. The van der Waals surface area contributed by atoms with E-state index in [4.69, 9.17) is 4.74 Å². The Morgan fingerprint density at radius 2 is 1.74 bits per heavy atom. The van der Waals surface area contributed by atoms with Gasteiger partial charge in [-0.15, -0.1) is 0 Å². The second-order valence-corrected chi connectivity index (χ2v) is 11.5. The van der Waals surface area contributed by atoms with Crippen LogP contribution in [-0.2, 0) is 19.1 Å². The van der Waals surface area contributed by atoms with E-state index in [0.29, 0.717) is 18.8 Å². The van der Waals surface area contributed by atoms with E-state index >= 15 is 0 Å². The Kier molecular flexibility index (Phi) is 5.81. The van der Waals surface area contributed by atoms with Crippen LogP contribution in [0, 0.1) is 17.3 Å². The maximum absolute atomic E-state index is 13.2. The first-order valence-corrected chi connectivity index (χ1v) is 13.0. The van der Waals surface area contributed by atoms with Crippen LogP contribution in [0.3, 0.4) is 0 Å². The van der Waals surface area contributed by atoms with Gasteiger partial charge >= 0.3 is 5.97 Å². The molecule has 186 valence electrons. The SMILES string of the molecule is CC(=O)O[C@@]1(C(C)=O)CC[C@@H]2[C@H]3CCC4=CC(=O)CCC4=C3[C@H](c3ccc(N(C)C)cc3)C[C@]21C. The van der Waals surface area contributed by atoms with E-state index in [0.717, 1.165) is 37.8 Å². The zero-order chi connectivity index (χ0) is 25.1. The molecule has 2 fully saturated rings. The predicted molar refractivity (Wildman–Crippen MR) is 136 cm³/mol. The molecular weight excluding hydrogens is 438 g/mol. The summed E-state index contributed by atoms with van der Waals surface area (Å²) in [4.78, 5) is 39.8. The van der Waals surface area contributed by atoms with Crippen molar-refractivity contribution in [1.82, 2.24) is 0 Å². The van der Waals surface area contributed by atoms with Crippen molar-refractivity contribution in [3.05, 3.63) is 52.6 Å². The lowest BCUT2D eigenvalue weighted by Crippen LogP contribution is -2.57. The first-order chi connectivity index (χ1) is 16.6. The molecule has 0 N–H and O–H groups in total. The third-order valence-corrected chi connectivity index (χ3v) is 9.55. The number of ether oxygens (including phenoxy) is 1. The summed E-state index contributed by atoms with van der Waals surface area (Å²) in [5.41, 5.74) is 4.98. The molecule has 2 saturated carbocycles. The van der Waals surface area contributed by atoms with Gasteiger partial charge in [-0.25, -0.2) is 0 Å². The summed E-state index contributed by atoms with van der Waals surface area (Å²) in [5, 5.41) is 0. The van der Waals surface area contributed by atoms with E-state index in [1.54, 1.807) is 6.92 Å². The monoisotopic (exact) mass is 475 g/mol. The van der Waals surface area contributed by atoms with Gasteiger partial charge in [0.25, 0.3) is 0 Å². The third-order valence-electron chi connectivity index (χ3n) is 9.55. The fraction of sp³-hybridized carbons (Fsp3) is 0.567. The lowest BCUT2D eigenvalue weighted by molar-refractivity contribution is -0.182. The average molecular weight is 476 g/mol. The Morgan fingerprint density at radius 3 is 2.37 bits per heavy atom. The smallest absolute Gasteiger partial charge is 0.303 e. The molecule has 5 heteroatoms. The quantitative estimate of drug-likeness (QED) is 0.535. The van der Waals surface area contributed by atoms with Crippen LogP contribution in [0.4, 0.5) is 5.69 Å². The molecule has 4 aliphatic carbocycles. The van der Waals surface area contributed by atoms with Gasteiger partial charge in [-0.05, 0) is 92.2 Å². The van der Waals surface area contributed by atoms with E-state index < -0.39 is 11.0 Å². The van der Waals surface area contributed by atoms with Crippen LogP contribution in [-0.4, -0.2) is 37.2 Å². The molecule has 0 aromatic heterocycles. The number of rotatable bonds is 4. The highest BCUT2D eigenvalue weighted by Crippen LogP contribution is 2.67. The lowest BCUT2D eigenvalue weighted by Gasteiger charge is -2.55. The van der Waals surface area contributed by atoms with Gasteiger partial charge in [0.2, 0.25) is 0 Å². The van der Waals surface area contributed by atoms with Gasteiger partial charge in [0.1, 0.15) is 0 Å². The maximum atomic E-state index is 13.2. The number of hydrogen-bond donors (Lipinski definition) is 0. The predicted octanol–water partition coefficient (Wildman–Crippen LogP) is 5.54. The first-order valence-electron chi connectivity index (χ1n) is 13.0. The van der Waals surface area contributed by atoms with E-state index in [-0.39, 0.29) is 29.4 Å². The van der Waals surface area contributed by atoms with Crippen molar-refractivity contribution in [2.24, 2.45) is 17.3 Å². The molecule has 0 bridgehead atoms. The van der Waals surface area contributed by atoms with Crippen molar-refractivity contribution in [1.29, 1.82) is 0 Å². The molecule has 0 unspecified atom stereocenters. The van der Waals surface area contributed by atoms with Gasteiger partial charge in [0.05, 0.1) is 0 Å². The van der Waals surface area contributed by atoms with Crippen LogP contribution in [0.2, 0.25) is 0 Å². The van der Waals surface area contributed by atoms with Crippen LogP contribution in [0.5, 0.6) is 0 Å². The average Bonchev–Trinajstić information content (AvgIpc) is 3.10. The number of benzene rings is 1. The number of ketones is 2. The number of Topliss-reactive ketones (excluding diaryl/α,β-unsaturated/α-hetero) is 1. The molecule has 5 atom stereocenters. The fourth-order valence-electron chi connectivity index (χ4n) is 8.02. The summed E-state index contributed by atoms with van der Waals surface area (Å²) in [6.07, 6.45) is 7.41. The molecular formula is C30H37NO4. The Morgan fingerprint density at radius 1 is 1.03 bits per heavy atom. The summed E-state index contributed by atoms with van der Waals surface area (Å²) < 4.78 is 6.00. The van der Waals surface area contributed by atoms with Crippen molar-refractivity contribution in [2.75, 3.05) is 19.0 Å². The van der Waals surface area contributed by atoms with E-state index in [2.05, 4.69) is 36.1 Å². The molecule has 1 aromatic rings. The van der Waals surface area contributed by atoms with Gasteiger partial charge < -0.3 is 9.64 Å². The number of carbonyl (C=O) groups is 3. The van der Waals surface area contributed by atoms with E-state index in [1.807, 2.05) is 20.2 Å². The second-order valence-electron chi connectivity index (χ2n) is 11.5. The van der Waals surface area contributed by atoms with Crippen LogP contribution in [0.15, 0.2) is 47.1 Å². The number of hydrogen-bond acceptors (Lipinski definition) is 5. The molecule has 0 saturated heterocycles. The summed E-state index contributed by atoms with van der Waals surface area (Å²) in [6, 6.07) is 8.76. The summed E-state index contributed by atoms with van der Waals surface area (Å²) in [6.45, 7) is 5.22. The number of fused-ring (bicyclic) bond motifs is 4. The Hall–Kier alpha value is -2.69. The molecule has 1 aromatic carbocycles. The molecule has 0 aliphatic heterocycles. The molecule has 0 heterocycles. The van der Waals surface area contributed by atoms with Gasteiger partial charge in [0.15, 0.2) is 17.2 Å². The first kappa shape index (κ1) is 24.0. The van der Waals surface area contributed by atoms with Gasteiger partial charge in [-0.2, -0.15) is 0 Å². The van der Waals surface area contributed by atoms with E-state index in [1.165, 1.54) is 29.2 Å². The van der Waals surface area contributed by atoms with Crippen LogP contribution < -0.4 is 4.90 Å². The number of carbonyl (C=O) groups excluding carboxylic acids is 3. The number of nitrogens with zero attached hydrogens (tertiary/aromatic N) is 1. The topological polar surface area (TPSA) is 63.7 Å². The second kappa shape index (κ2) is 8.46. The fourth-order valence-corrected chi connectivity index (χ4v) is 8.02. The number of esters is 1. The van der Waals surface area contributed by atoms with Gasteiger partial charge in [0, 0.05) is 44.5 Å². The van der Waals surface area contributed by atoms with Gasteiger partial charge in [-0.1, -0.05) is 24.6 Å². The highest BCUT2D eigenvalue weighted by molar-refractivity contribution is 5.93. The van der Waals surface area contributed by atoms with Crippen LogP contribution in [0.25, 0.3) is 0 Å². The normalized spacial score (nSPS) is 33.9. The Labute approximate surface area is 208 Å². The van der Waals surface area contributed by atoms with E-state index in [9.17, 15) is 14.4 Å². The zero-order valence-corrected chi connectivity index (χ0v) is 21.6. The van der Waals surface area contributed by atoms with Gasteiger partial charge in [-0.3, -0.25) is 14.4 Å². The van der Waals surface area contributed by atoms with Crippen LogP contribution in [0.1, 0.15) is 77.2 Å². The largest absolute Gasteiger partial charge is 0.451 e. The van der Waals surface area contributed by atoms with Crippen molar-refractivity contribution >= 4 is 23.2 Å².